The van der Waals surface area contributed by atoms with Crippen LogP contribution in [0.2, 0.25) is 0 Å². The monoisotopic (exact) mass is 222 g/mol. The van der Waals surface area contributed by atoms with Crippen LogP contribution in [0.4, 0.5) is 0 Å². The predicted octanol–water partition coefficient (Wildman–Crippen LogP) is 0.414. The quantitative estimate of drug-likeness (QED) is 0.694. The van der Waals surface area contributed by atoms with Crippen molar-refractivity contribution in [3.05, 3.63) is 18.2 Å². The molecule has 2 heterocycles. The minimum absolute atomic E-state index is 0.0447. The van der Waals surface area contributed by atoms with E-state index in [1.807, 2.05) is 0 Å². The molecular weight excluding hydrogens is 204 g/mol. The van der Waals surface area contributed by atoms with Crippen LogP contribution in [0.5, 0.6) is 0 Å². The lowest BCUT2D eigenvalue weighted by Crippen LogP contribution is -2.50. The summed E-state index contributed by atoms with van der Waals surface area (Å²) in [6.45, 7) is 3.57. The second-order valence-electron chi connectivity index (χ2n) is 4.35. The van der Waals surface area contributed by atoms with Crippen molar-refractivity contribution in [2.75, 3.05) is 6.54 Å². The Kier molecular flexibility index (Phi) is 3.56. The number of nitrogens with one attached hydrogen (secondary N) is 3. The number of imidazole rings is 1. The average molecular weight is 222 g/mol. The molecule has 5 nitrogen and oxygen atoms in total. The molecule has 1 fully saturated rings. The minimum atomic E-state index is -0.0447. The summed E-state index contributed by atoms with van der Waals surface area (Å²) in [4.78, 5) is 18.8. The SMILES string of the molecule is CC1CCCNC1C(=O)NCc1cnc[nH]1. The molecule has 0 aromatic carbocycles. The third-order valence-corrected chi connectivity index (χ3v) is 3.06. The smallest absolute Gasteiger partial charge is 0.237 e. The normalized spacial score (nSPS) is 25.3. The van der Waals surface area contributed by atoms with Gasteiger partial charge in [-0.25, -0.2) is 4.98 Å². The van der Waals surface area contributed by atoms with Crippen molar-refractivity contribution in [1.29, 1.82) is 0 Å². The highest BCUT2D eigenvalue weighted by molar-refractivity contribution is 5.82. The van der Waals surface area contributed by atoms with E-state index in [0.29, 0.717) is 12.5 Å². The lowest BCUT2D eigenvalue weighted by atomic mass is 9.92. The van der Waals surface area contributed by atoms with Gasteiger partial charge in [-0.15, -0.1) is 0 Å². The van der Waals surface area contributed by atoms with Gasteiger partial charge in [0.25, 0.3) is 0 Å². The van der Waals surface area contributed by atoms with Gasteiger partial charge in [0.15, 0.2) is 0 Å². The number of aromatic amines is 1. The van der Waals surface area contributed by atoms with Gasteiger partial charge in [0.1, 0.15) is 0 Å². The van der Waals surface area contributed by atoms with Gasteiger partial charge < -0.3 is 15.6 Å². The first kappa shape index (κ1) is 11.1. The van der Waals surface area contributed by atoms with Crippen LogP contribution in [-0.2, 0) is 11.3 Å². The highest BCUT2D eigenvalue weighted by Gasteiger charge is 2.26. The van der Waals surface area contributed by atoms with Gasteiger partial charge in [0.2, 0.25) is 5.91 Å². The van der Waals surface area contributed by atoms with E-state index < -0.39 is 0 Å². The van der Waals surface area contributed by atoms with Crippen molar-refractivity contribution >= 4 is 5.91 Å². The van der Waals surface area contributed by atoms with E-state index in [1.54, 1.807) is 12.5 Å². The summed E-state index contributed by atoms with van der Waals surface area (Å²) in [7, 11) is 0. The Hall–Kier alpha value is -1.36. The Morgan fingerprint density at radius 3 is 3.25 bits per heavy atom. The van der Waals surface area contributed by atoms with Crippen LogP contribution in [0.25, 0.3) is 0 Å². The molecule has 5 heteroatoms. The van der Waals surface area contributed by atoms with Crippen LogP contribution in [0, 0.1) is 5.92 Å². The number of rotatable bonds is 3. The van der Waals surface area contributed by atoms with Crippen molar-refractivity contribution in [3.63, 3.8) is 0 Å². The van der Waals surface area contributed by atoms with Gasteiger partial charge in [-0.3, -0.25) is 4.79 Å². The van der Waals surface area contributed by atoms with E-state index in [-0.39, 0.29) is 11.9 Å². The first-order chi connectivity index (χ1) is 7.77. The molecule has 3 N–H and O–H groups in total. The van der Waals surface area contributed by atoms with Gasteiger partial charge in [-0.2, -0.15) is 0 Å². The number of hydrogen-bond donors (Lipinski definition) is 3. The van der Waals surface area contributed by atoms with Crippen LogP contribution in [0.15, 0.2) is 12.5 Å². The maximum Gasteiger partial charge on any atom is 0.237 e. The van der Waals surface area contributed by atoms with Crippen molar-refractivity contribution in [1.82, 2.24) is 20.6 Å². The summed E-state index contributed by atoms with van der Waals surface area (Å²) in [6, 6.07) is -0.0447. The van der Waals surface area contributed by atoms with Crippen LogP contribution in [0.3, 0.4) is 0 Å². The van der Waals surface area contributed by atoms with Gasteiger partial charge in [-0.1, -0.05) is 6.92 Å². The molecule has 2 rings (SSSR count). The number of nitrogens with zero attached hydrogens (tertiary/aromatic N) is 1. The van der Waals surface area contributed by atoms with Crippen LogP contribution < -0.4 is 10.6 Å². The molecule has 1 aromatic heterocycles. The molecule has 0 saturated carbocycles. The van der Waals surface area contributed by atoms with Gasteiger partial charge >= 0.3 is 0 Å². The van der Waals surface area contributed by atoms with Crippen molar-refractivity contribution in [2.24, 2.45) is 5.92 Å². The Balaban J connectivity index is 1.83. The van der Waals surface area contributed by atoms with Gasteiger partial charge in [0, 0.05) is 6.20 Å². The van der Waals surface area contributed by atoms with E-state index >= 15 is 0 Å². The molecule has 2 unspecified atom stereocenters. The zero-order valence-corrected chi connectivity index (χ0v) is 9.49. The second kappa shape index (κ2) is 5.12. The molecule has 0 bridgehead atoms. The molecule has 0 spiro atoms. The lowest BCUT2D eigenvalue weighted by Gasteiger charge is -2.28. The molecule has 0 aliphatic carbocycles. The zero-order chi connectivity index (χ0) is 11.4. The Morgan fingerprint density at radius 1 is 1.69 bits per heavy atom. The fourth-order valence-corrected chi connectivity index (χ4v) is 2.07. The molecule has 1 aromatic rings. The molecule has 2 atom stereocenters. The second-order valence-corrected chi connectivity index (χ2v) is 4.35. The molecule has 1 saturated heterocycles. The summed E-state index contributed by atoms with van der Waals surface area (Å²) in [6.07, 6.45) is 5.61. The Labute approximate surface area is 95.0 Å². The number of carbonyl (C=O) groups excluding carboxylic acids is 1. The molecular formula is C11H18N4O. The summed E-state index contributed by atoms with van der Waals surface area (Å²) >= 11 is 0. The van der Waals surface area contributed by atoms with E-state index in [2.05, 4.69) is 27.5 Å². The maximum atomic E-state index is 11.9. The summed E-state index contributed by atoms with van der Waals surface area (Å²) in [5.74, 6) is 0.498. The van der Waals surface area contributed by atoms with E-state index in [0.717, 1.165) is 25.1 Å². The van der Waals surface area contributed by atoms with E-state index in [9.17, 15) is 4.79 Å². The number of amides is 1. The Bertz CT molecular complexity index is 336. The van der Waals surface area contributed by atoms with E-state index in [4.69, 9.17) is 0 Å². The number of aromatic nitrogens is 2. The molecule has 1 amide bonds. The molecule has 88 valence electrons. The van der Waals surface area contributed by atoms with Crippen molar-refractivity contribution < 1.29 is 4.79 Å². The largest absolute Gasteiger partial charge is 0.349 e. The number of piperidine rings is 1. The van der Waals surface area contributed by atoms with Crippen LogP contribution in [0.1, 0.15) is 25.5 Å². The summed E-state index contributed by atoms with van der Waals surface area (Å²) in [5.41, 5.74) is 0.928. The Morgan fingerprint density at radius 2 is 2.56 bits per heavy atom. The highest BCUT2D eigenvalue weighted by Crippen LogP contribution is 2.15. The number of hydrogen-bond acceptors (Lipinski definition) is 3. The first-order valence-electron chi connectivity index (χ1n) is 5.75. The minimum Gasteiger partial charge on any atom is -0.349 e. The topological polar surface area (TPSA) is 69.8 Å². The first-order valence-corrected chi connectivity index (χ1v) is 5.75. The predicted molar refractivity (Wildman–Crippen MR) is 60.6 cm³/mol. The van der Waals surface area contributed by atoms with Crippen molar-refractivity contribution in [2.45, 2.75) is 32.4 Å². The summed E-state index contributed by atoms with van der Waals surface area (Å²) in [5, 5.41) is 6.17. The van der Waals surface area contributed by atoms with Crippen molar-refractivity contribution in [3.8, 4) is 0 Å². The zero-order valence-electron chi connectivity index (χ0n) is 9.49. The number of carbonyl (C=O) groups is 1. The molecule has 0 radical (unpaired) electrons. The van der Waals surface area contributed by atoms with Crippen LogP contribution in [-0.4, -0.2) is 28.5 Å². The standard InChI is InChI=1S/C11H18N4O/c1-8-3-2-4-13-10(8)11(16)14-6-9-5-12-7-15-9/h5,7-8,10,13H,2-4,6H2,1H3,(H,12,15)(H,14,16). The molecule has 1 aliphatic rings. The highest BCUT2D eigenvalue weighted by atomic mass is 16.2. The third-order valence-electron chi connectivity index (χ3n) is 3.06. The fourth-order valence-electron chi connectivity index (χ4n) is 2.07. The van der Waals surface area contributed by atoms with Gasteiger partial charge in [-0.05, 0) is 25.3 Å². The summed E-state index contributed by atoms with van der Waals surface area (Å²) < 4.78 is 0. The third kappa shape index (κ3) is 2.61. The van der Waals surface area contributed by atoms with Crippen LogP contribution >= 0.6 is 0 Å². The average Bonchev–Trinajstić information content (AvgIpc) is 2.79. The van der Waals surface area contributed by atoms with E-state index in [1.165, 1.54) is 0 Å². The fraction of sp³-hybridized carbons (Fsp3) is 0.636. The maximum absolute atomic E-state index is 11.9. The number of H-pyrrole nitrogens is 1. The molecule has 16 heavy (non-hydrogen) atoms. The molecule has 1 aliphatic heterocycles. The lowest BCUT2D eigenvalue weighted by molar-refractivity contribution is -0.125. The van der Waals surface area contributed by atoms with Gasteiger partial charge in [0.05, 0.1) is 24.6 Å².